The molecule has 0 aliphatic carbocycles. The minimum Gasteiger partial charge on any atom is -0.493 e. The molecule has 3 nitrogen and oxygen atoms in total. The molecule has 0 saturated heterocycles. The van der Waals surface area contributed by atoms with Gasteiger partial charge in [-0.2, -0.15) is 0 Å². The largest absolute Gasteiger partial charge is 0.493 e. The molecule has 0 spiro atoms. The van der Waals surface area contributed by atoms with Gasteiger partial charge in [-0.05, 0) is 38.5 Å². The van der Waals surface area contributed by atoms with Crippen LogP contribution in [0.3, 0.4) is 0 Å². The van der Waals surface area contributed by atoms with Crippen molar-refractivity contribution in [1.29, 1.82) is 0 Å². The Labute approximate surface area is 90.0 Å². The Kier molecular flexibility index (Phi) is 4.16. The number of methoxy groups -OCH3 is 1. The summed E-state index contributed by atoms with van der Waals surface area (Å²) in [6.45, 7) is 5.71. The molecule has 1 aromatic rings. The van der Waals surface area contributed by atoms with Gasteiger partial charge in [0.1, 0.15) is 0 Å². The van der Waals surface area contributed by atoms with Crippen LogP contribution in [0.15, 0.2) is 18.2 Å². The first-order valence-corrected chi connectivity index (χ1v) is 4.80. The number of ether oxygens (including phenoxy) is 2. The average Bonchev–Trinajstić information content (AvgIpc) is 2.25. The monoisotopic (exact) mass is 207 g/mol. The number of carbonyl (C=O) groups is 1. The van der Waals surface area contributed by atoms with Crippen molar-refractivity contribution in [2.24, 2.45) is 0 Å². The molecule has 0 saturated carbocycles. The third-order valence-corrected chi connectivity index (χ3v) is 1.97. The van der Waals surface area contributed by atoms with Crippen molar-refractivity contribution < 1.29 is 14.3 Å². The van der Waals surface area contributed by atoms with Gasteiger partial charge in [0, 0.05) is 5.56 Å². The molecule has 81 valence electrons. The fourth-order valence-corrected chi connectivity index (χ4v) is 1.19. The highest BCUT2D eigenvalue weighted by atomic mass is 16.5. The Balaban J connectivity index is 2.96. The Hall–Kier alpha value is -1.51. The van der Waals surface area contributed by atoms with Crippen LogP contribution < -0.4 is 9.47 Å². The van der Waals surface area contributed by atoms with Gasteiger partial charge in [0.2, 0.25) is 0 Å². The summed E-state index contributed by atoms with van der Waals surface area (Å²) < 4.78 is 10.5. The summed E-state index contributed by atoms with van der Waals surface area (Å²) in [7, 11) is 1.57. The van der Waals surface area contributed by atoms with E-state index in [1.807, 2.05) is 0 Å². The van der Waals surface area contributed by atoms with E-state index in [1.54, 1.807) is 25.3 Å². The first-order valence-electron chi connectivity index (χ1n) is 4.80. The molecule has 1 radical (unpaired) electrons. The maximum absolute atomic E-state index is 11.2. The van der Waals surface area contributed by atoms with Gasteiger partial charge in [0.25, 0.3) is 0 Å². The van der Waals surface area contributed by atoms with E-state index in [0.717, 1.165) is 0 Å². The van der Waals surface area contributed by atoms with E-state index in [0.29, 0.717) is 30.1 Å². The molecule has 0 amide bonds. The number of hydrogen-bond acceptors (Lipinski definition) is 3. The van der Waals surface area contributed by atoms with Crippen molar-refractivity contribution in [1.82, 2.24) is 0 Å². The second-order valence-corrected chi connectivity index (χ2v) is 3.12. The summed E-state index contributed by atoms with van der Waals surface area (Å²) in [5, 5.41) is 0. The highest BCUT2D eigenvalue weighted by molar-refractivity contribution is 5.94. The van der Waals surface area contributed by atoms with Crippen molar-refractivity contribution >= 4 is 5.78 Å². The fourth-order valence-electron chi connectivity index (χ4n) is 1.19. The lowest BCUT2D eigenvalue weighted by atomic mass is 10.1. The molecule has 1 aromatic carbocycles. The van der Waals surface area contributed by atoms with Crippen molar-refractivity contribution in [2.75, 3.05) is 13.7 Å². The van der Waals surface area contributed by atoms with Gasteiger partial charge in [-0.15, -0.1) is 0 Å². The van der Waals surface area contributed by atoms with Gasteiger partial charge in [0.15, 0.2) is 17.3 Å². The smallest absolute Gasteiger partial charge is 0.161 e. The molecule has 3 heteroatoms. The number of carbonyl (C=O) groups excluding carboxylic acids is 1. The fraction of sp³-hybridized carbons (Fsp3) is 0.333. The predicted molar refractivity (Wildman–Crippen MR) is 58.5 cm³/mol. The summed E-state index contributed by atoms with van der Waals surface area (Å²) in [4.78, 5) is 11.2. The van der Waals surface area contributed by atoms with Gasteiger partial charge >= 0.3 is 0 Å². The minimum absolute atomic E-state index is 0.0112. The standard InChI is InChI=1S/C12H15O3/c1-4-7-15-12-8-10(9(2)13)5-6-11(12)14-3/h5-6,8H,1,4,7H2,2-3H3. The number of ketones is 1. The normalized spacial score (nSPS) is 9.80. The zero-order chi connectivity index (χ0) is 11.3. The Morgan fingerprint density at radius 3 is 2.67 bits per heavy atom. The van der Waals surface area contributed by atoms with Crippen molar-refractivity contribution in [3.05, 3.63) is 30.7 Å². The van der Waals surface area contributed by atoms with E-state index in [9.17, 15) is 4.79 Å². The van der Waals surface area contributed by atoms with Gasteiger partial charge in [-0.1, -0.05) is 0 Å². The summed E-state index contributed by atoms with van der Waals surface area (Å²) in [5.74, 6) is 1.24. The Morgan fingerprint density at radius 1 is 1.40 bits per heavy atom. The van der Waals surface area contributed by atoms with Crippen LogP contribution in [0.4, 0.5) is 0 Å². The van der Waals surface area contributed by atoms with Crippen molar-refractivity contribution in [3.63, 3.8) is 0 Å². The van der Waals surface area contributed by atoms with E-state index in [2.05, 4.69) is 6.92 Å². The maximum Gasteiger partial charge on any atom is 0.161 e. The molecule has 0 atom stereocenters. The first-order chi connectivity index (χ1) is 7.19. The lowest BCUT2D eigenvalue weighted by Gasteiger charge is -2.10. The molecule has 0 heterocycles. The molecule has 0 N–H and O–H groups in total. The third kappa shape index (κ3) is 2.98. The van der Waals surface area contributed by atoms with E-state index < -0.39 is 0 Å². The second-order valence-electron chi connectivity index (χ2n) is 3.12. The molecule has 0 aromatic heterocycles. The molecule has 15 heavy (non-hydrogen) atoms. The van der Waals surface area contributed by atoms with Crippen LogP contribution in [0.25, 0.3) is 0 Å². The highest BCUT2D eigenvalue weighted by Crippen LogP contribution is 2.28. The lowest BCUT2D eigenvalue weighted by Crippen LogP contribution is -2.00. The van der Waals surface area contributed by atoms with E-state index in [1.165, 1.54) is 6.92 Å². The number of benzene rings is 1. The van der Waals surface area contributed by atoms with Crippen molar-refractivity contribution in [2.45, 2.75) is 13.3 Å². The van der Waals surface area contributed by atoms with E-state index >= 15 is 0 Å². The average molecular weight is 207 g/mol. The predicted octanol–water partition coefficient (Wildman–Crippen LogP) is 2.50. The summed E-state index contributed by atoms with van der Waals surface area (Å²) in [6, 6.07) is 5.14. The Bertz CT molecular complexity index is 345. The number of rotatable bonds is 5. The molecule has 1 rings (SSSR count). The van der Waals surface area contributed by atoms with Crippen LogP contribution in [0.1, 0.15) is 23.7 Å². The molecule has 0 aliphatic rings. The summed E-state index contributed by atoms with van der Waals surface area (Å²) in [6.07, 6.45) is 0.674. The highest BCUT2D eigenvalue weighted by Gasteiger charge is 2.07. The van der Waals surface area contributed by atoms with Crippen LogP contribution in [0, 0.1) is 6.92 Å². The zero-order valence-electron chi connectivity index (χ0n) is 9.08. The van der Waals surface area contributed by atoms with E-state index in [4.69, 9.17) is 9.47 Å². The van der Waals surface area contributed by atoms with Crippen LogP contribution in [0.5, 0.6) is 11.5 Å². The van der Waals surface area contributed by atoms with E-state index in [-0.39, 0.29) is 5.78 Å². The Morgan fingerprint density at radius 2 is 2.13 bits per heavy atom. The topological polar surface area (TPSA) is 35.5 Å². The number of hydrogen-bond donors (Lipinski definition) is 0. The van der Waals surface area contributed by atoms with Gasteiger partial charge in [-0.3, -0.25) is 4.79 Å². The second kappa shape index (κ2) is 5.39. The number of Topliss-reactive ketones (excluding diaryl/α,β-unsaturated/α-hetero) is 1. The SMILES string of the molecule is [CH2]CCOc1cc(C(C)=O)ccc1OC. The third-order valence-electron chi connectivity index (χ3n) is 1.97. The van der Waals surface area contributed by atoms with Gasteiger partial charge in [0.05, 0.1) is 13.7 Å². The first kappa shape index (κ1) is 11.6. The molecular weight excluding hydrogens is 192 g/mol. The molecule has 0 bridgehead atoms. The van der Waals surface area contributed by atoms with Crippen LogP contribution in [-0.2, 0) is 0 Å². The molecule has 0 unspecified atom stereocenters. The lowest BCUT2D eigenvalue weighted by molar-refractivity contribution is 0.101. The van der Waals surface area contributed by atoms with Gasteiger partial charge < -0.3 is 9.47 Å². The summed E-state index contributed by atoms with van der Waals surface area (Å²) in [5.41, 5.74) is 0.620. The summed E-state index contributed by atoms with van der Waals surface area (Å²) >= 11 is 0. The minimum atomic E-state index is 0.0112. The maximum atomic E-state index is 11.2. The quantitative estimate of drug-likeness (QED) is 0.696. The molecule has 0 aliphatic heterocycles. The van der Waals surface area contributed by atoms with Crippen LogP contribution in [0.2, 0.25) is 0 Å². The molecular formula is C12H15O3. The molecule has 0 fully saturated rings. The van der Waals surface area contributed by atoms with Crippen LogP contribution in [-0.4, -0.2) is 19.5 Å². The van der Waals surface area contributed by atoms with Gasteiger partial charge in [-0.25, -0.2) is 0 Å². The van der Waals surface area contributed by atoms with Crippen molar-refractivity contribution in [3.8, 4) is 11.5 Å². The van der Waals surface area contributed by atoms with Crippen LogP contribution >= 0.6 is 0 Å². The zero-order valence-corrected chi connectivity index (χ0v) is 9.08.